The van der Waals surface area contributed by atoms with Crippen LogP contribution in [0.4, 0.5) is 14.7 Å². The normalized spacial score (nSPS) is 16.6. The molecule has 0 fully saturated rings. The summed E-state index contributed by atoms with van der Waals surface area (Å²) < 4.78 is 29.2. The van der Waals surface area contributed by atoms with Crippen molar-refractivity contribution in [3.63, 3.8) is 0 Å². The lowest BCUT2D eigenvalue weighted by atomic mass is 9.98. The summed E-state index contributed by atoms with van der Waals surface area (Å²) in [5, 5.41) is 0.617. The van der Waals surface area contributed by atoms with Gasteiger partial charge >= 0.3 is 5.69 Å². The van der Waals surface area contributed by atoms with E-state index in [2.05, 4.69) is 9.97 Å². The van der Waals surface area contributed by atoms with E-state index in [4.69, 9.17) is 11.6 Å². The maximum absolute atomic E-state index is 14.7. The van der Waals surface area contributed by atoms with Crippen LogP contribution in [0.2, 0.25) is 5.02 Å². The van der Waals surface area contributed by atoms with Gasteiger partial charge in [-0.2, -0.15) is 4.98 Å². The highest BCUT2D eigenvalue weighted by Crippen LogP contribution is 2.26. The average Bonchev–Trinajstić information content (AvgIpc) is 2.72. The third-order valence-corrected chi connectivity index (χ3v) is 4.98. The van der Waals surface area contributed by atoms with Crippen molar-refractivity contribution in [3.8, 4) is 0 Å². The summed E-state index contributed by atoms with van der Waals surface area (Å²) >= 11 is 5.87. The summed E-state index contributed by atoms with van der Waals surface area (Å²) in [5.74, 6) is -0.186. The Morgan fingerprint density at radius 3 is 2.48 bits per heavy atom. The van der Waals surface area contributed by atoms with Gasteiger partial charge in [-0.15, -0.1) is 0 Å². The number of hydrogen-bond donors (Lipinski definition) is 0. The molecule has 1 aliphatic heterocycles. The van der Waals surface area contributed by atoms with Gasteiger partial charge < -0.3 is 4.90 Å². The maximum atomic E-state index is 14.7. The van der Waals surface area contributed by atoms with Gasteiger partial charge in [0, 0.05) is 11.6 Å². The molecule has 0 aliphatic carbocycles. The van der Waals surface area contributed by atoms with E-state index in [-0.39, 0.29) is 18.3 Å². The number of nitrogens with zero attached hydrogens (tertiary/aromatic N) is 4. The zero-order valence-corrected chi connectivity index (χ0v) is 16.1. The van der Waals surface area contributed by atoms with Crippen molar-refractivity contribution in [1.82, 2.24) is 14.5 Å². The lowest BCUT2D eigenvalue weighted by molar-refractivity contribution is 0.403. The van der Waals surface area contributed by atoms with Crippen molar-refractivity contribution >= 4 is 23.1 Å². The first-order chi connectivity index (χ1) is 14.0. The van der Waals surface area contributed by atoms with E-state index in [1.807, 2.05) is 12.1 Å². The molecule has 148 valence electrons. The lowest BCUT2D eigenvalue weighted by Gasteiger charge is -2.29. The molecule has 1 aromatic heterocycles. The Kier molecular flexibility index (Phi) is 5.40. The van der Waals surface area contributed by atoms with Gasteiger partial charge in [-0.25, -0.2) is 18.6 Å². The Bertz CT molecular complexity index is 1100. The third kappa shape index (κ3) is 4.35. The summed E-state index contributed by atoms with van der Waals surface area (Å²) in [4.78, 5) is 22.2. The minimum Gasteiger partial charge on any atom is -0.334 e. The van der Waals surface area contributed by atoms with Crippen molar-refractivity contribution in [3.05, 3.63) is 93.4 Å². The van der Waals surface area contributed by atoms with Gasteiger partial charge in [-0.05, 0) is 41.0 Å². The monoisotopic (exact) mass is 414 g/mol. The van der Waals surface area contributed by atoms with Crippen LogP contribution in [0.15, 0.2) is 65.7 Å². The topological polar surface area (TPSA) is 51.0 Å². The predicted molar refractivity (Wildman–Crippen MR) is 108 cm³/mol. The molecule has 2 heterocycles. The minimum absolute atomic E-state index is 0.0177. The van der Waals surface area contributed by atoms with Crippen molar-refractivity contribution in [2.45, 2.75) is 12.7 Å². The molecule has 0 amide bonds. The second-order valence-electron chi connectivity index (χ2n) is 6.73. The fourth-order valence-corrected chi connectivity index (χ4v) is 3.33. The van der Waals surface area contributed by atoms with Gasteiger partial charge in [-0.3, -0.25) is 4.57 Å². The Hall–Kier alpha value is -3.06. The first kappa shape index (κ1) is 19.3. The lowest BCUT2D eigenvalue weighted by Crippen LogP contribution is -2.38. The van der Waals surface area contributed by atoms with Crippen molar-refractivity contribution < 1.29 is 8.78 Å². The van der Waals surface area contributed by atoms with Gasteiger partial charge in [0.25, 0.3) is 0 Å². The third-order valence-electron chi connectivity index (χ3n) is 4.73. The summed E-state index contributed by atoms with van der Waals surface area (Å²) in [7, 11) is 0. The second-order valence-corrected chi connectivity index (χ2v) is 7.17. The highest BCUT2D eigenvalue weighted by molar-refractivity contribution is 6.30. The minimum atomic E-state index is -1.30. The number of hydrogen-bond acceptors (Lipinski definition) is 4. The van der Waals surface area contributed by atoms with Gasteiger partial charge in [-0.1, -0.05) is 41.9 Å². The van der Waals surface area contributed by atoms with Gasteiger partial charge in [0.1, 0.15) is 18.3 Å². The average molecular weight is 415 g/mol. The first-order valence-corrected chi connectivity index (χ1v) is 9.40. The number of alkyl halides is 1. The molecule has 8 heteroatoms. The number of anilines is 1. The molecular weight excluding hydrogens is 398 g/mol. The Morgan fingerprint density at radius 1 is 1.10 bits per heavy atom. The number of rotatable bonds is 4. The van der Waals surface area contributed by atoms with E-state index < -0.39 is 11.9 Å². The van der Waals surface area contributed by atoms with E-state index in [9.17, 15) is 13.6 Å². The molecule has 1 atom stereocenters. The van der Waals surface area contributed by atoms with Crippen LogP contribution in [0.1, 0.15) is 11.1 Å². The van der Waals surface area contributed by atoms with Crippen LogP contribution in [0.5, 0.6) is 0 Å². The molecular formula is C21H17ClF2N4O. The van der Waals surface area contributed by atoms with E-state index in [0.717, 1.165) is 5.56 Å². The highest BCUT2D eigenvalue weighted by Gasteiger charge is 2.25. The molecule has 1 aliphatic rings. The van der Waals surface area contributed by atoms with Crippen LogP contribution in [0, 0.1) is 5.82 Å². The fraction of sp³-hybridized carbons (Fsp3) is 0.190. The summed E-state index contributed by atoms with van der Waals surface area (Å²) in [6, 6.07) is 12.9. The second kappa shape index (κ2) is 8.13. The Balaban J connectivity index is 1.50. The van der Waals surface area contributed by atoms with Crippen LogP contribution in [0.25, 0.3) is 5.57 Å². The summed E-state index contributed by atoms with van der Waals surface area (Å²) in [5.41, 5.74) is 1.56. The van der Waals surface area contributed by atoms with Crippen LogP contribution in [-0.2, 0) is 6.54 Å². The predicted octanol–water partition coefficient (Wildman–Crippen LogP) is 3.72. The molecule has 4 rings (SSSR count). The van der Waals surface area contributed by atoms with Crippen LogP contribution in [-0.4, -0.2) is 33.8 Å². The van der Waals surface area contributed by atoms with E-state index in [0.29, 0.717) is 29.2 Å². The highest BCUT2D eigenvalue weighted by atomic mass is 35.5. The molecule has 3 aromatic rings. The molecule has 0 spiro atoms. The quantitative estimate of drug-likeness (QED) is 0.653. The largest absolute Gasteiger partial charge is 0.352 e. The van der Waals surface area contributed by atoms with Crippen molar-refractivity contribution in [1.29, 1.82) is 0 Å². The standard InChI is InChI=1S/C21H17ClF2N4O/c22-16-5-1-14(2-6-16)11-28-13-25-20(26-21(28)29)27-10-9-18(19(24)12-27)15-3-7-17(23)8-4-15/h1-9,13,19H,10-12H2. The molecule has 0 saturated carbocycles. The van der Waals surface area contributed by atoms with E-state index in [1.165, 1.54) is 23.0 Å². The Labute approximate surface area is 170 Å². The zero-order valence-electron chi connectivity index (χ0n) is 15.3. The molecule has 0 saturated heterocycles. The van der Waals surface area contributed by atoms with Gasteiger partial charge in [0.15, 0.2) is 0 Å². The van der Waals surface area contributed by atoms with E-state index >= 15 is 0 Å². The smallest absolute Gasteiger partial charge is 0.334 e. The van der Waals surface area contributed by atoms with Crippen molar-refractivity contribution in [2.75, 3.05) is 18.0 Å². The van der Waals surface area contributed by atoms with Crippen LogP contribution < -0.4 is 10.6 Å². The number of halogens is 3. The van der Waals surface area contributed by atoms with Gasteiger partial charge in [0.2, 0.25) is 5.95 Å². The maximum Gasteiger partial charge on any atom is 0.352 e. The molecule has 0 radical (unpaired) electrons. The molecule has 2 aromatic carbocycles. The molecule has 5 nitrogen and oxygen atoms in total. The Morgan fingerprint density at radius 2 is 1.83 bits per heavy atom. The molecule has 0 N–H and O–H groups in total. The number of aromatic nitrogens is 3. The van der Waals surface area contributed by atoms with Gasteiger partial charge in [0.05, 0.1) is 13.1 Å². The first-order valence-electron chi connectivity index (χ1n) is 9.02. The van der Waals surface area contributed by atoms with E-state index in [1.54, 1.807) is 35.2 Å². The molecule has 0 bridgehead atoms. The summed E-state index contributed by atoms with van der Waals surface area (Å²) in [6.45, 7) is 0.689. The fourth-order valence-electron chi connectivity index (χ4n) is 3.20. The zero-order chi connectivity index (χ0) is 20.4. The summed E-state index contributed by atoms with van der Waals surface area (Å²) in [6.07, 6.45) is 1.82. The molecule has 1 unspecified atom stereocenters. The number of benzene rings is 2. The van der Waals surface area contributed by atoms with Crippen LogP contribution in [0.3, 0.4) is 0 Å². The van der Waals surface area contributed by atoms with Crippen molar-refractivity contribution in [2.24, 2.45) is 0 Å². The van der Waals surface area contributed by atoms with Crippen LogP contribution >= 0.6 is 11.6 Å². The molecule has 29 heavy (non-hydrogen) atoms. The SMILES string of the molecule is O=c1nc(N2CC=C(c3ccc(F)cc3)C(F)C2)ncn1Cc1ccc(Cl)cc1.